The molecule has 0 aliphatic carbocycles. The van der Waals surface area contributed by atoms with Crippen molar-refractivity contribution in [1.82, 2.24) is 14.6 Å². The summed E-state index contributed by atoms with van der Waals surface area (Å²) in [5.74, 6) is 0. The lowest BCUT2D eigenvalue weighted by molar-refractivity contribution is 0.910. The van der Waals surface area contributed by atoms with E-state index in [9.17, 15) is 0 Å². The summed E-state index contributed by atoms with van der Waals surface area (Å²) in [6.45, 7) is 3.77. The Morgan fingerprint density at radius 3 is 2.30 bits per heavy atom. The first-order valence-corrected chi connectivity index (χ1v) is 7.09. The number of aromatic nitrogens is 3. The van der Waals surface area contributed by atoms with Crippen LogP contribution in [0.2, 0.25) is 15.2 Å². The molecule has 0 atom stereocenters. The first-order valence-electron chi connectivity index (χ1n) is 5.96. The molecule has 1 aromatic carbocycles. The van der Waals surface area contributed by atoms with Crippen LogP contribution in [0.4, 0.5) is 0 Å². The van der Waals surface area contributed by atoms with Gasteiger partial charge in [0.15, 0.2) is 5.65 Å². The Balaban J connectivity index is 2.45. The Labute approximate surface area is 131 Å². The first kappa shape index (κ1) is 13.7. The maximum absolute atomic E-state index is 6.29. The summed E-state index contributed by atoms with van der Waals surface area (Å²) >= 11 is 18.8. The molecular weight excluding hydrogens is 317 g/mol. The standard InChI is InChI=1S/C14H10Cl3N3/c1-7-6-11(17)20-14(18-7)12(8(2)19-20)13-9(15)4-3-5-10(13)16/h3-6H,1-2H3. The van der Waals surface area contributed by atoms with Gasteiger partial charge < -0.3 is 0 Å². The second-order valence-corrected chi connectivity index (χ2v) is 5.71. The molecule has 0 aliphatic rings. The molecule has 0 radical (unpaired) electrons. The maximum Gasteiger partial charge on any atom is 0.165 e. The minimum atomic E-state index is 0.505. The summed E-state index contributed by atoms with van der Waals surface area (Å²) in [4.78, 5) is 4.51. The van der Waals surface area contributed by atoms with Crippen LogP contribution >= 0.6 is 34.8 Å². The van der Waals surface area contributed by atoms with Crippen LogP contribution in [-0.2, 0) is 0 Å². The van der Waals surface area contributed by atoms with E-state index < -0.39 is 0 Å². The zero-order valence-corrected chi connectivity index (χ0v) is 13.1. The van der Waals surface area contributed by atoms with Gasteiger partial charge in [-0.15, -0.1) is 0 Å². The summed E-state index contributed by atoms with van der Waals surface area (Å²) in [5.41, 5.74) is 3.79. The van der Waals surface area contributed by atoms with Crippen molar-refractivity contribution in [2.75, 3.05) is 0 Å². The van der Waals surface area contributed by atoms with Crippen LogP contribution < -0.4 is 0 Å². The highest BCUT2D eigenvalue weighted by molar-refractivity contribution is 6.39. The molecule has 0 amide bonds. The zero-order valence-electron chi connectivity index (χ0n) is 10.8. The van der Waals surface area contributed by atoms with Crippen molar-refractivity contribution in [3.63, 3.8) is 0 Å². The van der Waals surface area contributed by atoms with Gasteiger partial charge in [-0.1, -0.05) is 40.9 Å². The maximum atomic E-state index is 6.29. The van der Waals surface area contributed by atoms with E-state index in [2.05, 4.69) is 10.1 Å². The van der Waals surface area contributed by atoms with Crippen molar-refractivity contribution in [2.24, 2.45) is 0 Å². The fourth-order valence-corrected chi connectivity index (χ4v) is 3.09. The number of fused-ring (bicyclic) bond motifs is 1. The van der Waals surface area contributed by atoms with E-state index >= 15 is 0 Å². The van der Waals surface area contributed by atoms with Gasteiger partial charge in [-0.25, -0.2) is 9.50 Å². The van der Waals surface area contributed by atoms with E-state index in [4.69, 9.17) is 34.8 Å². The van der Waals surface area contributed by atoms with Gasteiger partial charge >= 0.3 is 0 Å². The van der Waals surface area contributed by atoms with Gasteiger partial charge in [0.05, 0.1) is 21.3 Å². The third-order valence-electron chi connectivity index (χ3n) is 3.06. The molecule has 0 spiro atoms. The first-order chi connectivity index (χ1) is 9.49. The van der Waals surface area contributed by atoms with E-state index in [1.807, 2.05) is 13.8 Å². The third-order valence-corrected chi connectivity index (χ3v) is 3.96. The second kappa shape index (κ2) is 4.92. The Morgan fingerprint density at radius 1 is 1.00 bits per heavy atom. The molecule has 2 aromatic heterocycles. The molecule has 0 bridgehead atoms. The predicted octanol–water partition coefficient (Wildman–Crippen LogP) is 4.97. The number of rotatable bonds is 1. The SMILES string of the molecule is Cc1cc(Cl)n2nc(C)c(-c3c(Cl)cccc3Cl)c2n1. The molecule has 20 heavy (non-hydrogen) atoms. The van der Waals surface area contributed by atoms with Gasteiger partial charge in [-0.2, -0.15) is 5.10 Å². The van der Waals surface area contributed by atoms with Crippen molar-refractivity contribution in [1.29, 1.82) is 0 Å². The van der Waals surface area contributed by atoms with Crippen molar-refractivity contribution in [2.45, 2.75) is 13.8 Å². The van der Waals surface area contributed by atoms with Crippen LogP contribution in [0.25, 0.3) is 16.8 Å². The Kier molecular flexibility index (Phi) is 3.36. The quantitative estimate of drug-likeness (QED) is 0.591. The molecule has 0 fully saturated rings. The lowest BCUT2D eigenvalue weighted by Gasteiger charge is -2.06. The van der Waals surface area contributed by atoms with Crippen LogP contribution in [-0.4, -0.2) is 14.6 Å². The van der Waals surface area contributed by atoms with Gasteiger partial charge in [0, 0.05) is 11.3 Å². The lowest BCUT2D eigenvalue weighted by Crippen LogP contribution is -1.94. The Morgan fingerprint density at radius 2 is 1.65 bits per heavy atom. The summed E-state index contributed by atoms with van der Waals surface area (Å²) < 4.78 is 1.60. The van der Waals surface area contributed by atoms with Gasteiger partial charge in [-0.05, 0) is 32.0 Å². The fraction of sp³-hybridized carbons (Fsp3) is 0.143. The highest BCUT2D eigenvalue weighted by Crippen LogP contribution is 2.38. The highest BCUT2D eigenvalue weighted by atomic mass is 35.5. The molecule has 0 unspecified atom stereocenters. The molecule has 3 nitrogen and oxygen atoms in total. The van der Waals surface area contributed by atoms with Gasteiger partial charge in [0.25, 0.3) is 0 Å². The van der Waals surface area contributed by atoms with Crippen molar-refractivity contribution < 1.29 is 0 Å². The normalized spacial score (nSPS) is 11.2. The van der Waals surface area contributed by atoms with Crippen molar-refractivity contribution >= 4 is 40.4 Å². The number of hydrogen-bond acceptors (Lipinski definition) is 2. The van der Waals surface area contributed by atoms with Crippen LogP contribution in [0.1, 0.15) is 11.4 Å². The summed E-state index contributed by atoms with van der Waals surface area (Å²) in [6, 6.07) is 7.16. The third kappa shape index (κ3) is 2.06. The van der Waals surface area contributed by atoms with E-state index in [1.54, 1.807) is 28.8 Å². The Hall–Kier alpha value is -1.29. The molecule has 0 saturated heterocycles. The fourth-order valence-electron chi connectivity index (χ4n) is 2.23. The van der Waals surface area contributed by atoms with Gasteiger partial charge in [-0.3, -0.25) is 0 Å². The van der Waals surface area contributed by atoms with Crippen molar-refractivity contribution in [3.05, 3.63) is 50.9 Å². The topological polar surface area (TPSA) is 30.2 Å². The second-order valence-electron chi connectivity index (χ2n) is 4.51. The highest BCUT2D eigenvalue weighted by Gasteiger charge is 2.19. The number of nitrogens with zero attached hydrogens (tertiary/aromatic N) is 3. The van der Waals surface area contributed by atoms with E-state index in [1.165, 1.54) is 0 Å². The van der Waals surface area contributed by atoms with Crippen LogP contribution in [0.5, 0.6) is 0 Å². The molecule has 3 rings (SSSR count). The van der Waals surface area contributed by atoms with Crippen molar-refractivity contribution in [3.8, 4) is 11.1 Å². The number of benzene rings is 1. The van der Waals surface area contributed by atoms with Crippen LogP contribution in [0.15, 0.2) is 24.3 Å². The molecular formula is C14H10Cl3N3. The van der Waals surface area contributed by atoms with Crippen LogP contribution in [0, 0.1) is 13.8 Å². The summed E-state index contributed by atoms with van der Waals surface area (Å²) in [7, 11) is 0. The summed E-state index contributed by atoms with van der Waals surface area (Å²) in [6.07, 6.45) is 0. The molecule has 0 aliphatic heterocycles. The minimum Gasteiger partial charge on any atom is -0.233 e. The lowest BCUT2D eigenvalue weighted by atomic mass is 10.1. The zero-order chi connectivity index (χ0) is 14.4. The minimum absolute atomic E-state index is 0.505. The van der Waals surface area contributed by atoms with Gasteiger partial charge in [0.1, 0.15) is 5.15 Å². The van der Waals surface area contributed by atoms with E-state index in [0.29, 0.717) is 20.8 Å². The largest absolute Gasteiger partial charge is 0.233 e. The monoisotopic (exact) mass is 325 g/mol. The average Bonchev–Trinajstić information content (AvgIpc) is 2.67. The number of aryl methyl sites for hydroxylation is 2. The number of halogens is 3. The number of hydrogen-bond donors (Lipinski definition) is 0. The summed E-state index contributed by atoms with van der Waals surface area (Å²) in [5, 5.41) is 6.05. The van der Waals surface area contributed by atoms with Crippen LogP contribution in [0.3, 0.4) is 0 Å². The molecule has 3 aromatic rings. The predicted molar refractivity (Wildman–Crippen MR) is 82.9 cm³/mol. The molecule has 6 heteroatoms. The molecule has 0 N–H and O–H groups in total. The van der Waals surface area contributed by atoms with Gasteiger partial charge in [0.2, 0.25) is 0 Å². The van der Waals surface area contributed by atoms with E-state index in [-0.39, 0.29) is 0 Å². The Bertz CT molecular complexity index is 804. The van der Waals surface area contributed by atoms with E-state index in [0.717, 1.165) is 22.5 Å². The molecule has 2 heterocycles. The smallest absolute Gasteiger partial charge is 0.165 e. The molecule has 0 saturated carbocycles. The molecule has 102 valence electrons. The average molecular weight is 327 g/mol.